The maximum atomic E-state index is 2.39. The Bertz CT molecular complexity index is 3760. The summed E-state index contributed by atoms with van der Waals surface area (Å²) in [5.74, 6) is 0. The largest absolute Gasteiger partial charge is 0.0616 e. The van der Waals surface area contributed by atoms with Gasteiger partial charge in [-0.25, -0.2) is 0 Å². The van der Waals surface area contributed by atoms with Gasteiger partial charge in [-0.05, 0) is 143 Å². The average Bonchev–Trinajstić information content (AvgIpc) is 3.32. The molecule has 0 saturated carbocycles. The molecule has 0 aromatic heterocycles. The summed E-state index contributed by atoms with van der Waals surface area (Å²) in [7, 11) is 0. The van der Waals surface area contributed by atoms with E-state index in [1.807, 2.05) is 0 Å². The van der Waals surface area contributed by atoms with Gasteiger partial charge in [-0.1, -0.05) is 206 Å². The van der Waals surface area contributed by atoms with Gasteiger partial charge in [0, 0.05) is 0 Å². The molecule has 60 heavy (non-hydrogen) atoms. The number of hydrogen-bond donors (Lipinski definition) is 0. The smallest absolute Gasteiger partial charge is 0.00206 e. The van der Waals surface area contributed by atoms with Crippen LogP contribution in [0.4, 0.5) is 0 Å². The molecule has 13 aromatic rings. The van der Waals surface area contributed by atoms with E-state index < -0.39 is 0 Å². The Hall–Kier alpha value is -7.80. The van der Waals surface area contributed by atoms with Gasteiger partial charge < -0.3 is 0 Å². The Morgan fingerprint density at radius 3 is 1.08 bits per heavy atom. The molecule has 0 N–H and O–H groups in total. The molecule has 276 valence electrons. The molecule has 0 aliphatic rings. The zero-order valence-corrected chi connectivity index (χ0v) is 32.8. The molecule has 0 atom stereocenters. The molecular formula is C60H36. The molecule has 13 aromatic carbocycles. The van der Waals surface area contributed by atoms with Crippen molar-refractivity contribution in [1.82, 2.24) is 0 Å². The molecule has 0 heterocycles. The first-order valence-corrected chi connectivity index (χ1v) is 20.9. The van der Waals surface area contributed by atoms with Crippen LogP contribution in [0.1, 0.15) is 0 Å². The fourth-order valence-corrected chi connectivity index (χ4v) is 10.2. The second-order valence-electron chi connectivity index (χ2n) is 16.4. The van der Waals surface area contributed by atoms with Gasteiger partial charge in [-0.15, -0.1) is 0 Å². The molecule has 0 unspecified atom stereocenters. The van der Waals surface area contributed by atoms with Crippen molar-refractivity contribution in [2.75, 3.05) is 0 Å². The molecule has 0 fully saturated rings. The number of benzene rings is 13. The summed E-state index contributed by atoms with van der Waals surface area (Å²) < 4.78 is 0. The Labute approximate surface area is 347 Å². The lowest BCUT2D eigenvalue weighted by Gasteiger charge is -2.16. The summed E-state index contributed by atoms with van der Waals surface area (Å²) in [6, 6.07) is 81.5. The quantitative estimate of drug-likeness (QED) is 0.153. The maximum absolute atomic E-state index is 2.39. The van der Waals surface area contributed by atoms with Crippen LogP contribution in [0.5, 0.6) is 0 Å². The molecule has 0 heteroatoms. The fourth-order valence-electron chi connectivity index (χ4n) is 10.2. The highest BCUT2D eigenvalue weighted by Gasteiger charge is 2.16. The van der Waals surface area contributed by atoms with Crippen molar-refractivity contribution in [2.24, 2.45) is 0 Å². The third-order valence-electron chi connectivity index (χ3n) is 13.2. The first kappa shape index (κ1) is 33.2. The van der Waals surface area contributed by atoms with Gasteiger partial charge in [-0.3, -0.25) is 0 Å². The Balaban J connectivity index is 0.906. The summed E-state index contributed by atoms with van der Waals surface area (Å²) in [4.78, 5) is 0. The lowest BCUT2D eigenvalue weighted by atomic mass is 9.87. The average molecular weight is 757 g/mol. The van der Waals surface area contributed by atoms with Gasteiger partial charge in [0.2, 0.25) is 0 Å². The molecule has 0 bridgehead atoms. The van der Waals surface area contributed by atoms with Gasteiger partial charge in [0.15, 0.2) is 0 Å². The summed E-state index contributed by atoms with van der Waals surface area (Å²) in [6.07, 6.45) is 0. The predicted octanol–water partition coefficient (Wildman–Crippen LogP) is 17.0. The van der Waals surface area contributed by atoms with Gasteiger partial charge in [0.1, 0.15) is 0 Å². The molecule has 0 radical (unpaired) electrons. The second kappa shape index (κ2) is 12.9. The highest BCUT2D eigenvalue weighted by atomic mass is 14.2. The predicted molar refractivity (Wildman–Crippen MR) is 259 cm³/mol. The molecule has 0 aliphatic heterocycles. The molecule has 0 saturated heterocycles. The monoisotopic (exact) mass is 756 g/mol. The zero-order chi connectivity index (χ0) is 39.3. The van der Waals surface area contributed by atoms with Crippen LogP contribution in [0.2, 0.25) is 0 Å². The Kier molecular flexibility index (Phi) is 7.11. The number of rotatable bonds is 5. The van der Waals surface area contributed by atoms with Gasteiger partial charge >= 0.3 is 0 Å². The Morgan fingerprint density at radius 2 is 0.533 bits per heavy atom. The van der Waals surface area contributed by atoms with E-state index >= 15 is 0 Å². The first-order valence-electron chi connectivity index (χ1n) is 20.9. The maximum Gasteiger partial charge on any atom is -0.00206 e. The van der Waals surface area contributed by atoms with Crippen LogP contribution in [-0.2, 0) is 0 Å². The van der Waals surface area contributed by atoms with Crippen LogP contribution >= 0.6 is 0 Å². The minimum atomic E-state index is 1.20. The van der Waals surface area contributed by atoms with Crippen molar-refractivity contribution in [3.05, 3.63) is 218 Å². The summed E-state index contributed by atoms with van der Waals surface area (Å²) in [5.41, 5.74) is 12.3. The van der Waals surface area contributed by atoms with Crippen LogP contribution in [0.3, 0.4) is 0 Å². The van der Waals surface area contributed by atoms with Crippen molar-refractivity contribution in [3.8, 4) is 55.6 Å². The van der Waals surface area contributed by atoms with Crippen molar-refractivity contribution >= 4 is 75.4 Å². The number of hydrogen-bond acceptors (Lipinski definition) is 0. The van der Waals surface area contributed by atoms with Crippen molar-refractivity contribution in [1.29, 1.82) is 0 Å². The lowest BCUT2D eigenvalue weighted by molar-refractivity contribution is 1.56. The van der Waals surface area contributed by atoms with Crippen LogP contribution in [0.25, 0.3) is 131 Å². The van der Waals surface area contributed by atoms with E-state index in [-0.39, 0.29) is 0 Å². The first-order chi connectivity index (χ1) is 29.7. The van der Waals surface area contributed by atoms with E-state index in [1.54, 1.807) is 0 Å². The topological polar surface area (TPSA) is 0 Å². The molecule has 0 amide bonds. The minimum absolute atomic E-state index is 1.20. The second-order valence-corrected chi connectivity index (χ2v) is 16.4. The molecule has 13 rings (SSSR count). The van der Waals surface area contributed by atoms with Gasteiger partial charge in [-0.2, -0.15) is 0 Å². The third kappa shape index (κ3) is 5.04. The molecule has 0 aliphatic carbocycles. The molecule has 0 spiro atoms. The van der Waals surface area contributed by atoms with Gasteiger partial charge in [0.25, 0.3) is 0 Å². The van der Waals surface area contributed by atoms with E-state index in [0.29, 0.717) is 0 Å². The van der Waals surface area contributed by atoms with E-state index in [1.165, 1.54) is 131 Å². The summed E-state index contributed by atoms with van der Waals surface area (Å²) in [6.45, 7) is 0. The van der Waals surface area contributed by atoms with Gasteiger partial charge in [0.05, 0.1) is 0 Å². The normalized spacial score (nSPS) is 12.0. The standard InChI is InChI=1S/C60H36/c1-2-6-48-35-50(24-13-37(48)5-1)56-36-49(38-11-14-39(15-12-38)51-30-25-46-22-20-42-7-3-9-44-27-33-54(51)59(46)57(42)44)29-32-53(56)41-18-16-40(17-19-41)52-31-26-47-23-21-43-8-4-10-45-28-34-55(52)60(47)58(43)45/h1-36H. The Morgan fingerprint density at radius 1 is 0.167 bits per heavy atom. The highest BCUT2D eigenvalue weighted by Crippen LogP contribution is 2.43. The van der Waals surface area contributed by atoms with Crippen LogP contribution < -0.4 is 0 Å². The zero-order valence-electron chi connectivity index (χ0n) is 32.8. The molecular weight excluding hydrogens is 721 g/mol. The van der Waals surface area contributed by atoms with Crippen molar-refractivity contribution in [3.63, 3.8) is 0 Å². The van der Waals surface area contributed by atoms with Crippen LogP contribution in [0, 0.1) is 0 Å². The number of fused-ring (bicyclic) bond motifs is 1. The van der Waals surface area contributed by atoms with Crippen LogP contribution in [0.15, 0.2) is 218 Å². The van der Waals surface area contributed by atoms with Crippen LogP contribution in [-0.4, -0.2) is 0 Å². The summed E-state index contributed by atoms with van der Waals surface area (Å²) >= 11 is 0. The third-order valence-corrected chi connectivity index (χ3v) is 13.2. The van der Waals surface area contributed by atoms with E-state index in [2.05, 4.69) is 218 Å². The van der Waals surface area contributed by atoms with Crippen molar-refractivity contribution < 1.29 is 0 Å². The SMILES string of the molecule is c1ccc2cc(-c3cc(-c4ccc(-c5ccc6ccc7cccc8ccc5c6c78)cc4)ccc3-c3ccc(-c4ccc5ccc6cccc7ccc4c5c67)cc3)ccc2c1. The lowest BCUT2D eigenvalue weighted by Crippen LogP contribution is -1.90. The van der Waals surface area contributed by atoms with Crippen molar-refractivity contribution in [2.45, 2.75) is 0 Å². The minimum Gasteiger partial charge on any atom is -0.0616 e. The molecule has 0 nitrogen and oxygen atoms in total. The van der Waals surface area contributed by atoms with E-state index in [9.17, 15) is 0 Å². The van der Waals surface area contributed by atoms with E-state index in [4.69, 9.17) is 0 Å². The fraction of sp³-hybridized carbons (Fsp3) is 0. The highest BCUT2D eigenvalue weighted by molar-refractivity contribution is 6.26. The van der Waals surface area contributed by atoms with E-state index in [0.717, 1.165) is 0 Å². The summed E-state index contributed by atoms with van der Waals surface area (Å²) in [5, 5.41) is 18.3.